The van der Waals surface area contributed by atoms with Gasteiger partial charge in [-0.2, -0.15) is 0 Å². The summed E-state index contributed by atoms with van der Waals surface area (Å²) in [6.45, 7) is 5.62. The number of nitrogens with zero attached hydrogens (tertiary/aromatic N) is 1. The molecule has 0 spiro atoms. The maximum absolute atomic E-state index is 5.49. The number of aromatic nitrogens is 1. The van der Waals surface area contributed by atoms with Crippen molar-refractivity contribution in [1.29, 1.82) is 0 Å². The third kappa shape index (κ3) is 3.75. The number of hydrogen-bond donors (Lipinski definition) is 0. The van der Waals surface area contributed by atoms with Crippen LogP contribution in [0.3, 0.4) is 0 Å². The molecule has 8 heteroatoms. The van der Waals surface area contributed by atoms with Crippen LogP contribution in [0.1, 0.15) is 24.8 Å². The molecule has 1 nitrogen and oxygen atoms in total. The molecule has 0 aliphatic carbocycles. The Bertz CT molecular complexity index is 347. The van der Waals surface area contributed by atoms with Crippen LogP contribution in [-0.2, 0) is 0 Å². The van der Waals surface area contributed by atoms with E-state index in [9.17, 15) is 0 Å². The monoisotopic (exact) mass is 204 g/mol. The van der Waals surface area contributed by atoms with E-state index in [2.05, 4.69) is 18.8 Å². The van der Waals surface area contributed by atoms with Crippen molar-refractivity contribution < 1.29 is 0 Å². The van der Waals surface area contributed by atoms with Gasteiger partial charge in [0.1, 0.15) is 0 Å². The standard InChI is InChI=1S/C7H8B6NS/c1-4(2)7-14-5(12-8)6(15-7)11-3-13(9)10/h3-4H,1-2H3. The van der Waals surface area contributed by atoms with E-state index in [4.69, 9.17) is 23.2 Å². The van der Waals surface area contributed by atoms with Crippen LogP contribution in [0, 0.1) is 0 Å². The predicted molar refractivity (Wildman–Crippen MR) is 76.1 cm³/mol. The van der Waals surface area contributed by atoms with Crippen LogP contribution in [0.25, 0.3) is 0 Å². The van der Waals surface area contributed by atoms with Crippen LogP contribution < -0.4 is 10.4 Å². The van der Waals surface area contributed by atoms with Gasteiger partial charge in [-0.3, -0.25) is 0 Å². The maximum atomic E-state index is 5.49. The van der Waals surface area contributed by atoms with Gasteiger partial charge in [0.25, 0.3) is 0 Å². The fraction of sp³-hybridized carbons (Fsp3) is 0.429. The zero-order valence-corrected chi connectivity index (χ0v) is 9.79. The fourth-order valence-electron chi connectivity index (χ4n) is 1.05. The van der Waals surface area contributed by atoms with Gasteiger partial charge in [-0.15, -0.1) is 0 Å². The first kappa shape index (κ1) is 13.0. The molecule has 0 unspecified atom stereocenters. The second kappa shape index (κ2) is 5.83. The second-order valence-corrected chi connectivity index (χ2v) is 4.62. The minimum absolute atomic E-state index is 0.405. The van der Waals surface area contributed by atoms with E-state index in [1.165, 1.54) is 7.17 Å². The normalized spacial score (nSPS) is 10.6. The van der Waals surface area contributed by atoms with E-state index in [1.807, 2.05) is 6.92 Å². The molecule has 1 aromatic rings. The Morgan fingerprint density at radius 1 is 1.47 bits per heavy atom. The van der Waals surface area contributed by atoms with Crippen LogP contribution in [0.2, 0.25) is 0 Å². The summed E-state index contributed by atoms with van der Waals surface area (Å²) in [7, 11) is 17.9. The van der Waals surface area contributed by atoms with Gasteiger partial charge in [0.05, 0.1) is 0 Å². The molecular formula is C7H8B6NS. The third-order valence-electron chi connectivity index (χ3n) is 1.82. The summed E-state index contributed by atoms with van der Waals surface area (Å²) in [4.78, 5) is 4.41. The van der Waals surface area contributed by atoms with Crippen molar-refractivity contribution in [2.75, 3.05) is 0 Å². The first-order valence-corrected chi connectivity index (χ1v) is 5.61. The first-order valence-electron chi connectivity index (χ1n) is 4.79. The van der Waals surface area contributed by atoms with E-state index < -0.39 is 6.49 Å². The molecular weight excluding hydrogens is 195 g/mol. The molecule has 65 valence electrons. The second-order valence-electron chi connectivity index (χ2n) is 3.56. The number of rotatable bonds is 4. The van der Waals surface area contributed by atoms with E-state index in [0.29, 0.717) is 5.92 Å². The summed E-state index contributed by atoms with van der Waals surface area (Å²) < 4.78 is 1.00. The van der Waals surface area contributed by atoms with Crippen molar-refractivity contribution in [1.82, 2.24) is 4.98 Å². The average molecular weight is 203 g/mol. The molecule has 0 fully saturated rings. The molecule has 0 atom stereocenters. The molecule has 0 saturated heterocycles. The zero-order valence-electron chi connectivity index (χ0n) is 8.97. The summed E-state index contributed by atoms with van der Waals surface area (Å²) in [6, 6.07) is 0. The quantitative estimate of drug-likeness (QED) is 0.525. The fourth-order valence-corrected chi connectivity index (χ4v) is 2.02. The van der Waals surface area contributed by atoms with Crippen LogP contribution in [0.5, 0.6) is 0 Å². The Kier molecular flexibility index (Phi) is 5.04. The first-order chi connectivity index (χ1) is 7.04. The van der Waals surface area contributed by atoms with Gasteiger partial charge in [0.15, 0.2) is 0 Å². The summed E-state index contributed by atoms with van der Waals surface area (Å²) in [5.74, 6) is 2.13. The van der Waals surface area contributed by atoms with Gasteiger partial charge in [-0.25, -0.2) is 0 Å². The Morgan fingerprint density at radius 2 is 2.13 bits per heavy atom. The van der Waals surface area contributed by atoms with Crippen molar-refractivity contribution >= 4 is 71.4 Å². The van der Waals surface area contributed by atoms with Crippen molar-refractivity contribution in [3.63, 3.8) is 0 Å². The van der Waals surface area contributed by atoms with Crippen LogP contribution in [0.15, 0.2) is 0 Å². The summed E-state index contributed by atoms with van der Waals surface area (Å²) in [5, 5.41) is 1.07. The van der Waals surface area contributed by atoms with Gasteiger partial charge in [0, 0.05) is 0 Å². The Morgan fingerprint density at radius 3 is 2.60 bits per heavy atom. The molecule has 1 aromatic heterocycles. The van der Waals surface area contributed by atoms with Crippen molar-refractivity contribution in [3.8, 4) is 0 Å². The molecule has 0 aliphatic heterocycles. The van der Waals surface area contributed by atoms with Crippen molar-refractivity contribution in [2.24, 2.45) is 0 Å². The molecule has 7 radical (unpaired) electrons. The van der Waals surface area contributed by atoms with Crippen LogP contribution in [0.4, 0.5) is 0 Å². The van der Waals surface area contributed by atoms with Gasteiger partial charge in [-0.1, -0.05) is 0 Å². The van der Waals surface area contributed by atoms with Gasteiger partial charge >= 0.3 is 101 Å². The molecule has 0 amide bonds. The SMILES string of the molecule is [B][B]c1nc(C(C)C)sc1B=CB([B])[B]. The summed E-state index contributed by atoms with van der Waals surface area (Å²) in [6.07, 6.45) is 0. The van der Waals surface area contributed by atoms with E-state index in [1.54, 1.807) is 17.2 Å². The predicted octanol–water partition coefficient (Wildman–Crippen LogP) is -1.82. The number of thiazole rings is 1. The Balaban J connectivity index is 2.95. The van der Waals surface area contributed by atoms with E-state index in [0.717, 1.165) is 15.4 Å². The summed E-state index contributed by atoms with van der Waals surface area (Å²) in [5.41, 5.74) is 0.792. The Hall–Kier alpha value is -0.110. The van der Waals surface area contributed by atoms with E-state index in [-0.39, 0.29) is 0 Å². The molecule has 15 heavy (non-hydrogen) atoms. The summed E-state index contributed by atoms with van der Waals surface area (Å²) >= 11 is 1.61. The van der Waals surface area contributed by atoms with Crippen LogP contribution in [-0.4, -0.2) is 54.6 Å². The minimum atomic E-state index is -0.444. The molecule has 0 aliphatic rings. The molecule has 0 saturated carbocycles. The average Bonchev–Trinajstić information content (AvgIpc) is 2.57. The van der Waals surface area contributed by atoms with Gasteiger partial charge in [0.2, 0.25) is 0 Å². The molecule has 1 rings (SSSR count). The topological polar surface area (TPSA) is 12.9 Å². The molecule has 0 aromatic carbocycles. The zero-order chi connectivity index (χ0) is 11.4. The van der Waals surface area contributed by atoms with Crippen molar-refractivity contribution in [3.05, 3.63) is 5.01 Å². The molecule has 1 heterocycles. The van der Waals surface area contributed by atoms with Crippen LogP contribution >= 0.6 is 11.3 Å². The van der Waals surface area contributed by atoms with Crippen molar-refractivity contribution in [2.45, 2.75) is 19.8 Å². The Labute approximate surface area is 101 Å². The van der Waals surface area contributed by atoms with Gasteiger partial charge in [-0.05, 0) is 0 Å². The van der Waals surface area contributed by atoms with Gasteiger partial charge < -0.3 is 0 Å². The molecule has 0 bridgehead atoms. The van der Waals surface area contributed by atoms with E-state index >= 15 is 0 Å². The number of hydrogen-bond acceptors (Lipinski definition) is 2. The molecule has 0 N–H and O–H groups in total. The third-order valence-corrected chi connectivity index (χ3v) is 3.16.